The van der Waals surface area contributed by atoms with Crippen LogP contribution < -0.4 is 20.3 Å². The van der Waals surface area contributed by atoms with Crippen molar-refractivity contribution in [3.63, 3.8) is 0 Å². The normalized spacial score (nSPS) is 10.5. The fourth-order valence-electron chi connectivity index (χ4n) is 3.22. The molecule has 0 heterocycles. The second kappa shape index (κ2) is 11.7. The third-order valence-electron chi connectivity index (χ3n) is 4.94. The molecule has 0 saturated carbocycles. The van der Waals surface area contributed by atoms with Gasteiger partial charge in [-0.05, 0) is 73.5 Å². The van der Waals surface area contributed by atoms with E-state index in [1.165, 1.54) is 0 Å². The fourth-order valence-corrected chi connectivity index (χ4v) is 3.22. The van der Waals surface area contributed by atoms with Gasteiger partial charge in [-0.1, -0.05) is 32.0 Å². The van der Waals surface area contributed by atoms with Crippen molar-refractivity contribution in [3.8, 4) is 5.75 Å². The Balaban J connectivity index is 1.50. The first kappa shape index (κ1) is 23.9. The lowest BCUT2D eigenvalue weighted by molar-refractivity contribution is -0.114. The molecule has 0 bridgehead atoms. The van der Waals surface area contributed by atoms with Gasteiger partial charge in [0.1, 0.15) is 5.75 Å². The molecule has 3 aromatic rings. The Bertz CT molecular complexity index is 1030. The monoisotopic (exact) mass is 445 g/mol. The molecule has 2 amide bonds. The van der Waals surface area contributed by atoms with Crippen LogP contribution in [0.3, 0.4) is 0 Å². The van der Waals surface area contributed by atoms with Crippen LogP contribution in [0.25, 0.3) is 0 Å². The van der Waals surface area contributed by atoms with Crippen molar-refractivity contribution >= 4 is 28.9 Å². The van der Waals surface area contributed by atoms with Crippen molar-refractivity contribution in [2.75, 3.05) is 35.2 Å². The van der Waals surface area contributed by atoms with E-state index in [0.717, 1.165) is 17.1 Å². The maximum Gasteiger partial charge on any atom is 0.258 e. The molecular formula is C27H31N3O3. The molecule has 0 atom stereocenters. The van der Waals surface area contributed by atoms with E-state index in [4.69, 9.17) is 4.74 Å². The predicted molar refractivity (Wildman–Crippen MR) is 134 cm³/mol. The number of anilines is 3. The first-order valence-corrected chi connectivity index (χ1v) is 11.2. The van der Waals surface area contributed by atoms with Crippen LogP contribution >= 0.6 is 0 Å². The van der Waals surface area contributed by atoms with Gasteiger partial charge >= 0.3 is 0 Å². The minimum Gasteiger partial charge on any atom is -0.493 e. The predicted octanol–water partition coefficient (Wildman–Crippen LogP) is 5.44. The maximum absolute atomic E-state index is 12.9. The van der Waals surface area contributed by atoms with E-state index < -0.39 is 0 Å². The highest BCUT2D eigenvalue weighted by Gasteiger charge is 2.15. The summed E-state index contributed by atoms with van der Waals surface area (Å²) in [5.41, 5.74) is 2.93. The van der Waals surface area contributed by atoms with Crippen LogP contribution in [0.1, 0.15) is 31.1 Å². The number of rotatable bonds is 10. The Hall–Kier alpha value is -3.80. The van der Waals surface area contributed by atoms with Crippen molar-refractivity contribution < 1.29 is 14.3 Å². The number of nitrogens with zero attached hydrogens (tertiary/aromatic N) is 1. The van der Waals surface area contributed by atoms with Crippen molar-refractivity contribution in [2.45, 2.75) is 20.8 Å². The van der Waals surface area contributed by atoms with Gasteiger partial charge < -0.3 is 20.3 Å². The molecule has 0 aliphatic heterocycles. The van der Waals surface area contributed by atoms with Crippen LogP contribution in [0.2, 0.25) is 0 Å². The Kier molecular flexibility index (Phi) is 8.47. The molecule has 0 aliphatic rings. The number of ether oxygens (including phenoxy) is 1. The Morgan fingerprint density at radius 1 is 0.879 bits per heavy atom. The van der Waals surface area contributed by atoms with Crippen LogP contribution in [-0.4, -0.2) is 31.5 Å². The summed E-state index contributed by atoms with van der Waals surface area (Å²) in [6.45, 7) is 7.49. The molecule has 33 heavy (non-hydrogen) atoms. The summed E-state index contributed by atoms with van der Waals surface area (Å²) < 4.78 is 5.65. The maximum atomic E-state index is 12.9. The van der Waals surface area contributed by atoms with Gasteiger partial charge in [0.2, 0.25) is 5.91 Å². The molecule has 0 spiro atoms. The Morgan fingerprint density at radius 3 is 2.12 bits per heavy atom. The molecule has 0 aromatic heterocycles. The lowest BCUT2D eigenvalue weighted by Gasteiger charge is -2.21. The standard InChI is InChI=1S/C27H31N3O3/c1-4-30(24-8-6-5-7-9-24)27(32)21-10-12-22(13-11-21)28-18-26(31)29-23-14-16-25(17-15-23)33-19-20(2)3/h5-17,20,28H,4,18-19H2,1-3H3,(H,29,31). The van der Waals surface area contributed by atoms with Crippen molar-refractivity contribution in [1.29, 1.82) is 0 Å². The highest BCUT2D eigenvalue weighted by molar-refractivity contribution is 6.06. The summed E-state index contributed by atoms with van der Waals surface area (Å²) >= 11 is 0. The van der Waals surface area contributed by atoms with Crippen LogP contribution in [-0.2, 0) is 4.79 Å². The van der Waals surface area contributed by atoms with Gasteiger partial charge in [0.15, 0.2) is 0 Å². The second-order valence-electron chi connectivity index (χ2n) is 8.09. The van der Waals surface area contributed by atoms with E-state index in [1.807, 2.05) is 61.5 Å². The number of carbonyl (C=O) groups excluding carboxylic acids is 2. The zero-order valence-corrected chi connectivity index (χ0v) is 19.4. The number of hydrogen-bond acceptors (Lipinski definition) is 4. The molecule has 6 nitrogen and oxygen atoms in total. The molecular weight excluding hydrogens is 414 g/mol. The van der Waals surface area contributed by atoms with Gasteiger partial charge in [0.25, 0.3) is 5.91 Å². The average Bonchev–Trinajstić information content (AvgIpc) is 2.83. The molecule has 0 unspecified atom stereocenters. The van der Waals surface area contributed by atoms with Gasteiger partial charge in [-0.2, -0.15) is 0 Å². The topological polar surface area (TPSA) is 70.7 Å². The Labute approximate surface area is 195 Å². The summed E-state index contributed by atoms with van der Waals surface area (Å²) in [6, 6.07) is 24.1. The van der Waals surface area contributed by atoms with Gasteiger partial charge in [0.05, 0.1) is 13.2 Å². The molecule has 3 aromatic carbocycles. The summed E-state index contributed by atoms with van der Waals surface area (Å²) in [4.78, 5) is 26.9. The first-order chi connectivity index (χ1) is 16.0. The van der Waals surface area contributed by atoms with Gasteiger partial charge in [-0.25, -0.2) is 0 Å². The number of amides is 2. The van der Waals surface area contributed by atoms with Crippen LogP contribution in [0.15, 0.2) is 78.9 Å². The van der Waals surface area contributed by atoms with Crippen molar-refractivity contribution in [3.05, 3.63) is 84.4 Å². The lowest BCUT2D eigenvalue weighted by atomic mass is 10.1. The molecule has 172 valence electrons. The number of hydrogen-bond donors (Lipinski definition) is 2. The van der Waals surface area contributed by atoms with Crippen LogP contribution in [0.4, 0.5) is 17.1 Å². The zero-order chi connectivity index (χ0) is 23.6. The second-order valence-corrected chi connectivity index (χ2v) is 8.09. The van der Waals surface area contributed by atoms with Crippen molar-refractivity contribution in [2.24, 2.45) is 5.92 Å². The van der Waals surface area contributed by atoms with Crippen LogP contribution in [0, 0.1) is 5.92 Å². The van der Waals surface area contributed by atoms with E-state index in [9.17, 15) is 9.59 Å². The fraction of sp³-hybridized carbons (Fsp3) is 0.259. The van der Waals surface area contributed by atoms with E-state index in [1.54, 1.807) is 29.2 Å². The van der Waals surface area contributed by atoms with E-state index in [-0.39, 0.29) is 18.4 Å². The number of carbonyl (C=O) groups is 2. The smallest absolute Gasteiger partial charge is 0.258 e. The largest absolute Gasteiger partial charge is 0.493 e. The summed E-state index contributed by atoms with van der Waals surface area (Å²) in [7, 11) is 0. The zero-order valence-electron chi connectivity index (χ0n) is 19.4. The number of benzene rings is 3. The molecule has 0 aliphatic carbocycles. The van der Waals surface area contributed by atoms with E-state index in [2.05, 4.69) is 24.5 Å². The SMILES string of the molecule is CCN(C(=O)c1ccc(NCC(=O)Nc2ccc(OCC(C)C)cc2)cc1)c1ccccc1. The number of para-hydroxylation sites is 1. The van der Waals surface area contributed by atoms with Gasteiger partial charge in [-0.15, -0.1) is 0 Å². The highest BCUT2D eigenvalue weighted by atomic mass is 16.5. The highest BCUT2D eigenvalue weighted by Crippen LogP contribution is 2.19. The Morgan fingerprint density at radius 2 is 1.52 bits per heavy atom. The first-order valence-electron chi connectivity index (χ1n) is 11.2. The van der Waals surface area contributed by atoms with Crippen LogP contribution in [0.5, 0.6) is 5.75 Å². The molecule has 0 fully saturated rings. The van der Waals surface area contributed by atoms with Gasteiger partial charge in [0, 0.05) is 29.2 Å². The van der Waals surface area contributed by atoms with E-state index in [0.29, 0.717) is 30.3 Å². The average molecular weight is 446 g/mol. The summed E-state index contributed by atoms with van der Waals surface area (Å²) in [5, 5.41) is 5.95. The molecule has 2 N–H and O–H groups in total. The minimum atomic E-state index is -0.160. The number of nitrogens with one attached hydrogen (secondary N) is 2. The summed E-state index contributed by atoms with van der Waals surface area (Å²) in [6.07, 6.45) is 0. The van der Waals surface area contributed by atoms with Gasteiger partial charge in [-0.3, -0.25) is 9.59 Å². The van der Waals surface area contributed by atoms with Crippen molar-refractivity contribution in [1.82, 2.24) is 0 Å². The van der Waals surface area contributed by atoms with E-state index >= 15 is 0 Å². The third-order valence-corrected chi connectivity index (χ3v) is 4.94. The lowest BCUT2D eigenvalue weighted by Crippen LogP contribution is -2.30. The molecule has 0 radical (unpaired) electrons. The molecule has 3 rings (SSSR count). The summed E-state index contributed by atoms with van der Waals surface area (Å²) in [5.74, 6) is 1.02. The minimum absolute atomic E-state index is 0.0613. The molecule has 0 saturated heterocycles. The molecule has 6 heteroatoms. The quantitative estimate of drug-likeness (QED) is 0.436. The third kappa shape index (κ3) is 7.10.